The van der Waals surface area contributed by atoms with Crippen molar-refractivity contribution >= 4 is 52.7 Å². The first kappa shape index (κ1) is 41.0. The lowest BCUT2D eigenvalue weighted by Crippen LogP contribution is -2.44. The molecular weight excluding hydrogens is 766 g/mol. The van der Waals surface area contributed by atoms with Crippen molar-refractivity contribution in [1.29, 1.82) is 0 Å². The van der Waals surface area contributed by atoms with Crippen molar-refractivity contribution in [2.24, 2.45) is 0 Å². The summed E-state index contributed by atoms with van der Waals surface area (Å²) in [4.78, 5) is 70.6. The van der Waals surface area contributed by atoms with Crippen LogP contribution < -0.4 is 17.2 Å². The van der Waals surface area contributed by atoms with Crippen molar-refractivity contribution < 1.29 is 65.9 Å². The minimum atomic E-state index is -5.12. The Labute approximate surface area is 302 Å². The van der Waals surface area contributed by atoms with E-state index in [9.17, 15) is 38.5 Å². The number of esters is 1. The number of rotatable bonds is 14. The molecule has 3 aromatic rings. The van der Waals surface area contributed by atoms with Gasteiger partial charge in [0.2, 0.25) is 0 Å². The summed E-state index contributed by atoms with van der Waals surface area (Å²) in [6.07, 6.45) is -6.42. The second kappa shape index (κ2) is 15.5. The molecule has 0 bridgehead atoms. The average molecular weight is 809 g/mol. The van der Waals surface area contributed by atoms with Gasteiger partial charge in [-0.25, -0.2) is 33.7 Å². The number of phosphoric acid groups is 2. The first-order chi connectivity index (χ1) is 24.5. The van der Waals surface area contributed by atoms with E-state index in [1.807, 2.05) is 33.9 Å². The lowest BCUT2D eigenvalue weighted by Gasteiger charge is -2.35. The monoisotopic (exact) mass is 808 g/mol. The largest absolute Gasteiger partial charge is 0.472 e. The van der Waals surface area contributed by atoms with Gasteiger partial charge in [-0.05, 0) is 24.2 Å². The summed E-state index contributed by atoms with van der Waals surface area (Å²) in [6.45, 7) is 7.75. The molecule has 8 N–H and O–H groups in total. The van der Waals surface area contributed by atoms with Crippen LogP contribution in [0.2, 0.25) is 18.1 Å². The van der Waals surface area contributed by atoms with Gasteiger partial charge in [0.1, 0.15) is 54.9 Å². The number of ether oxygens (including phenoxy) is 3. The van der Waals surface area contributed by atoms with Gasteiger partial charge in [-0.15, -0.1) is 0 Å². The van der Waals surface area contributed by atoms with Crippen molar-refractivity contribution in [1.82, 2.24) is 29.1 Å². The number of phosphoric ester groups is 2. The van der Waals surface area contributed by atoms with Crippen molar-refractivity contribution in [3.8, 4) is 0 Å². The van der Waals surface area contributed by atoms with Gasteiger partial charge in [0.15, 0.2) is 32.1 Å². The Kier molecular flexibility index (Phi) is 12.0. The Bertz CT molecular complexity index is 1950. The van der Waals surface area contributed by atoms with Crippen LogP contribution in [0.3, 0.4) is 0 Å². The number of hydrogen-bond donors (Lipinski definition) is 6. The molecule has 2 aliphatic rings. The predicted octanol–water partition coefficient (Wildman–Crippen LogP) is 0.339. The lowest BCUT2D eigenvalue weighted by molar-refractivity contribution is -0.159. The summed E-state index contributed by atoms with van der Waals surface area (Å²) in [5.41, 5.74) is 11.0. The summed E-state index contributed by atoms with van der Waals surface area (Å²) in [5.74, 6) is -0.891. The molecule has 53 heavy (non-hydrogen) atoms. The van der Waals surface area contributed by atoms with Crippen LogP contribution in [0.4, 0.5) is 11.6 Å². The third-order valence-corrected chi connectivity index (χ3v) is 15.0. The summed E-state index contributed by atoms with van der Waals surface area (Å²) >= 11 is 0. The van der Waals surface area contributed by atoms with E-state index < -0.39 is 98.4 Å². The summed E-state index contributed by atoms with van der Waals surface area (Å²) in [6, 6.07) is 1.29. The Hall–Kier alpha value is -3.22. The Balaban J connectivity index is 1.34. The van der Waals surface area contributed by atoms with Gasteiger partial charge in [-0.3, -0.25) is 22.7 Å². The van der Waals surface area contributed by atoms with E-state index in [0.717, 1.165) is 4.57 Å². The summed E-state index contributed by atoms with van der Waals surface area (Å²) in [7, 11) is -12.6. The molecule has 0 aromatic carbocycles. The molecule has 5 heterocycles. The number of carbonyl (C=O) groups is 1. The average Bonchev–Trinajstić information content (AvgIpc) is 3.73. The van der Waals surface area contributed by atoms with Crippen molar-refractivity contribution in [3.05, 3.63) is 35.4 Å². The minimum absolute atomic E-state index is 0.0467. The molecule has 0 radical (unpaired) electrons. The van der Waals surface area contributed by atoms with Crippen LogP contribution in [0.15, 0.2) is 29.7 Å². The SMILES string of the molecule is CC(C)(C)[Si](C)(C)OCC(=O)O[C@H]1[C@@H](O)[C@H](n2cnc3c(N)ncnc32)O[C@@H]1COP(=O)(O)O[C@@H]1C[C@H](n2ccc(N)nc2=O)O[C@@H]1COP(=O)(O)O. The topological polar surface area (TPSA) is 327 Å². The maximum atomic E-state index is 13.3. The third kappa shape index (κ3) is 9.72. The molecule has 0 saturated carbocycles. The number of nitrogens with two attached hydrogens (primary N) is 2. The minimum Gasteiger partial charge on any atom is -0.455 e. The molecule has 2 fully saturated rings. The van der Waals surface area contributed by atoms with Gasteiger partial charge >= 0.3 is 27.3 Å². The number of nitrogens with zero attached hydrogens (tertiary/aromatic N) is 6. The zero-order valence-electron chi connectivity index (χ0n) is 29.2. The van der Waals surface area contributed by atoms with Crippen LogP contribution in [-0.4, -0.2) is 113 Å². The number of anilines is 2. The quantitative estimate of drug-likeness (QED) is 0.0726. The number of carbonyl (C=O) groups excluding carboxylic acids is 1. The van der Waals surface area contributed by atoms with Gasteiger partial charge in [-0.1, -0.05) is 20.8 Å². The van der Waals surface area contributed by atoms with E-state index in [1.54, 1.807) is 0 Å². The summed E-state index contributed by atoms with van der Waals surface area (Å²) in [5, 5.41) is 11.2. The summed E-state index contributed by atoms with van der Waals surface area (Å²) < 4.78 is 65.5. The van der Waals surface area contributed by atoms with Crippen molar-refractivity contribution in [2.75, 3.05) is 31.3 Å². The lowest BCUT2D eigenvalue weighted by atomic mass is 10.1. The number of hydrogen-bond acceptors (Lipinski definition) is 18. The molecule has 1 unspecified atom stereocenters. The Morgan fingerprint density at radius 2 is 1.75 bits per heavy atom. The molecular formula is C27H42N8O15P2Si. The zero-order chi connectivity index (χ0) is 39.1. The van der Waals surface area contributed by atoms with Gasteiger partial charge in [0.25, 0.3) is 0 Å². The van der Waals surface area contributed by atoms with E-state index >= 15 is 0 Å². The number of nitrogen functional groups attached to an aromatic ring is 2. The Morgan fingerprint density at radius 1 is 1.06 bits per heavy atom. The number of aliphatic hydroxyl groups excluding tert-OH is 1. The predicted molar refractivity (Wildman–Crippen MR) is 183 cm³/mol. The highest BCUT2D eigenvalue weighted by atomic mass is 31.2. The van der Waals surface area contributed by atoms with Crippen molar-refractivity contribution in [3.63, 3.8) is 0 Å². The van der Waals surface area contributed by atoms with Crippen LogP contribution in [0.25, 0.3) is 11.2 Å². The smallest absolute Gasteiger partial charge is 0.455 e. The number of aliphatic hydroxyl groups is 1. The molecule has 26 heteroatoms. The highest BCUT2D eigenvalue weighted by Crippen LogP contribution is 2.50. The van der Waals surface area contributed by atoms with Crippen LogP contribution in [0.5, 0.6) is 0 Å². The van der Waals surface area contributed by atoms with E-state index in [2.05, 4.69) is 24.5 Å². The fraction of sp³-hybridized carbons (Fsp3) is 0.630. The van der Waals surface area contributed by atoms with Gasteiger partial charge < -0.3 is 49.9 Å². The fourth-order valence-electron chi connectivity index (χ4n) is 5.24. The molecule has 8 atom stereocenters. The molecule has 5 rings (SSSR count). The van der Waals surface area contributed by atoms with E-state index in [1.165, 1.54) is 29.5 Å². The molecule has 2 aliphatic heterocycles. The number of imidazole rings is 1. The van der Waals surface area contributed by atoms with E-state index in [4.69, 9.17) is 39.2 Å². The van der Waals surface area contributed by atoms with E-state index in [0.29, 0.717) is 0 Å². The third-order valence-electron chi connectivity index (χ3n) is 9.02. The zero-order valence-corrected chi connectivity index (χ0v) is 32.0. The maximum absolute atomic E-state index is 13.3. The van der Waals surface area contributed by atoms with Crippen LogP contribution in [0.1, 0.15) is 39.6 Å². The first-order valence-electron chi connectivity index (χ1n) is 16.0. The molecule has 0 aliphatic carbocycles. The maximum Gasteiger partial charge on any atom is 0.472 e. The van der Waals surface area contributed by atoms with Crippen molar-refractivity contribution in [2.45, 2.75) is 88.3 Å². The number of aromatic nitrogens is 6. The molecule has 0 amide bonds. The van der Waals surface area contributed by atoms with Gasteiger partial charge in [0.05, 0.1) is 19.5 Å². The molecule has 23 nitrogen and oxygen atoms in total. The second-order valence-electron chi connectivity index (χ2n) is 13.7. The van der Waals surface area contributed by atoms with Gasteiger partial charge in [-0.2, -0.15) is 4.98 Å². The highest BCUT2D eigenvalue weighted by molar-refractivity contribution is 7.47. The highest BCUT2D eigenvalue weighted by Gasteiger charge is 2.50. The normalized spacial score (nSPS) is 26.5. The van der Waals surface area contributed by atoms with Crippen LogP contribution in [-0.2, 0) is 46.1 Å². The second-order valence-corrected chi connectivity index (χ2v) is 21.2. The first-order valence-corrected chi connectivity index (χ1v) is 21.9. The Morgan fingerprint density at radius 3 is 2.42 bits per heavy atom. The molecule has 3 aromatic heterocycles. The van der Waals surface area contributed by atoms with Crippen LogP contribution in [0, 0.1) is 0 Å². The molecule has 2 saturated heterocycles. The molecule has 0 spiro atoms. The standard InChI is InChI=1S/C27H42N8O15P2Si/c1-27(2,3)53(4,5)46-11-19(36)49-22-16(48-25(21(22)37)35-13-32-20-23(29)30-12-31-24(20)35)10-45-52(42,43)50-14-8-18(34-7-6-17(28)33-26(34)38)47-15(14)9-44-51(39,40)41/h6-7,12-16,18,21-22,25,37H,8-11H2,1-5H3,(H,42,43)(H2,28,33,38)(H2,29,30,31)(H2,39,40,41)/t14-,15-,16-,18-,21-,22-,25-/m1/s1. The molecule has 294 valence electrons. The van der Waals surface area contributed by atoms with E-state index in [-0.39, 0.29) is 34.3 Å². The van der Waals surface area contributed by atoms with Gasteiger partial charge in [0, 0.05) is 12.6 Å². The van der Waals surface area contributed by atoms with Crippen LogP contribution >= 0.6 is 15.6 Å². The number of fused-ring (bicyclic) bond motifs is 1. The fourth-order valence-corrected chi connectivity index (χ4v) is 7.46.